The average molecular weight is 465 g/mol. The quantitative estimate of drug-likeness (QED) is 0.441. The zero-order chi connectivity index (χ0) is 24.6. The van der Waals surface area contributed by atoms with Gasteiger partial charge in [-0.15, -0.1) is 0 Å². The molecule has 9 nitrogen and oxygen atoms in total. The monoisotopic (exact) mass is 464 g/mol. The molecule has 1 saturated heterocycles. The van der Waals surface area contributed by atoms with Crippen LogP contribution in [0.25, 0.3) is 11.2 Å². The number of benzene rings is 1. The molecule has 0 radical (unpaired) electrons. The molecular formula is C25H32N6O3. The molecule has 9 heteroatoms. The van der Waals surface area contributed by atoms with Gasteiger partial charge < -0.3 is 15.2 Å². The van der Waals surface area contributed by atoms with E-state index in [0.717, 1.165) is 35.1 Å². The van der Waals surface area contributed by atoms with E-state index in [2.05, 4.69) is 4.90 Å². The number of piperidine rings is 1. The normalized spacial score (nSPS) is 16.1. The van der Waals surface area contributed by atoms with Gasteiger partial charge >= 0.3 is 5.69 Å². The fourth-order valence-electron chi connectivity index (χ4n) is 4.49. The van der Waals surface area contributed by atoms with Crippen molar-refractivity contribution in [2.75, 3.05) is 18.0 Å². The van der Waals surface area contributed by atoms with E-state index in [1.807, 2.05) is 43.5 Å². The van der Waals surface area contributed by atoms with Crippen molar-refractivity contribution in [2.24, 2.45) is 12.8 Å². The zero-order valence-electron chi connectivity index (χ0n) is 20.2. The van der Waals surface area contributed by atoms with Gasteiger partial charge in [-0.05, 0) is 39.2 Å². The number of imidazole rings is 1. The first-order valence-corrected chi connectivity index (χ1v) is 11.6. The van der Waals surface area contributed by atoms with Gasteiger partial charge in [0.2, 0.25) is 5.95 Å². The fourth-order valence-corrected chi connectivity index (χ4v) is 4.49. The first-order valence-electron chi connectivity index (χ1n) is 11.6. The van der Waals surface area contributed by atoms with Crippen LogP contribution in [0.4, 0.5) is 5.95 Å². The highest BCUT2D eigenvalue weighted by molar-refractivity contribution is 5.97. The number of anilines is 1. The Labute approximate surface area is 198 Å². The van der Waals surface area contributed by atoms with Gasteiger partial charge in [-0.2, -0.15) is 4.98 Å². The minimum atomic E-state index is -0.562. The summed E-state index contributed by atoms with van der Waals surface area (Å²) in [5.41, 5.74) is 8.16. The summed E-state index contributed by atoms with van der Waals surface area (Å²) in [6.45, 7) is 7.32. The number of aromatic nitrogens is 4. The molecule has 1 fully saturated rings. The number of Topliss-reactive ketones (excluding diaryl/α,β-unsaturated/α-hetero) is 1. The summed E-state index contributed by atoms with van der Waals surface area (Å²) in [5.74, 6) is 0.340. The van der Waals surface area contributed by atoms with Crippen molar-refractivity contribution in [3.8, 4) is 0 Å². The second kappa shape index (κ2) is 9.42. The maximum Gasteiger partial charge on any atom is 0.332 e. The second-order valence-corrected chi connectivity index (χ2v) is 9.30. The Morgan fingerprint density at radius 3 is 2.62 bits per heavy atom. The van der Waals surface area contributed by atoms with E-state index in [0.29, 0.717) is 35.8 Å². The number of nitrogens with zero attached hydrogens (tertiary/aromatic N) is 5. The largest absolute Gasteiger partial charge is 0.341 e. The van der Waals surface area contributed by atoms with E-state index in [9.17, 15) is 14.4 Å². The smallest absolute Gasteiger partial charge is 0.332 e. The summed E-state index contributed by atoms with van der Waals surface area (Å²) < 4.78 is 4.22. The number of hydrogen-bond donors (Lipinski definition) is 1. The third kappa shape index (κ3) is 4.35. The number of fused-ring (bicyclic) bond motifs is 1. The number of rotatable bonds is 6. The summed E-state index contributed by atoms with van der Waals surface area (Å²) >= 11 is 0. The lowest BCUT2D eigenvalue weighted by molar-refractivity contribution is 0.0968. The van der Waals surface area contributed by atoms with Gasteiger partial charge in [-0.1, -0.05) is 35.9 Å². The summed E-state index contributed by atoms with van der Waals surface area (Å²) in [5, 5.41) is 0. The number of ketones is 1. The van der Waals surface area contributed by atoms with Crippen molar-refractivity contribution in [3.63, 3.8) is 0 Å². The topological polar surface area (TPSA) is 108 Å². The molecule has 0 aliphatic carbocycles. The Kier molecular flexibility index (Phi) is 6.56. The molecule has 1 aliphatic rings. The van der Waals surface area contributed by atoms with Crippen molar-refractivity contribution >= 4 is 22.9 Å². The lowest BCUT2D eigenvalue weighted by Crippen LogP contribution is -2.44. The maximum absolute atomic E-state index is 13.7. The lowest BCUT2D eigenvalue weighted by Gasteiger charge is -2.31. The molecular weight excluding hydrogens is 432 g/mol. The van der Waals surface area contributed by atoms with Gasteiger partial charge in [-0.25, -0.2) is 4.79 Å². The molecule has 0 bridgehead atoms. The zero-order valence-corrected chi connectivity index (χ0v) is 20.2. The Balaban J connectivity index is 1.89. The third-order valence-corrected chi connectivity index (χ3v) is 6.38. The van der Waals surface area contributed by atoms with Crippen LogP contribution < -0.4 is 21.9 Å². The molecule has 180 valence electrons. The van der Waals surface area contributed by atoms with Crippen molar-refractivity contribution in [1.82, 2.24) is 18.7 Å². The van der Waals surface area contributed by atoms with Gasteiger partial charge in [0.1, 0.15) is 0 Å². The van der Waals surface area contributed by atoms with E-state index < -0.39 is 11.2 Å². The Hall–Kier alpha value is -3.46. The third-order valence-electron chi connectivity index (χ3n) is 6.38. The molecule has 1 atom stereocenters. The molecule has 1 aliphatic heterocycles. The van der Waals surface area contributed by atoms with Gasteiger partial charge in [-0.3, -0.25) is 18.7 Å². The molecule has 3 heterocycles. The van der Waals surface area contributed by atoms with Gasteiger partial charge in [0, 0.05) is 38.3 Å². The first kappa shape index (κ1) is 23.7. The van der Waals surface area contributed by atoms with Gasteiger partial charge in [0.25, 0.3) is 5.56 Å². The molecule has 2 aromatic heterocycles. The van der Waals surface area contributed by atoms with Crippen LogP contribution in [-0.2, 0) is 20.1 Å². The van der Waals surface area contributed by atoms with Crippen LogP contribution in [0.15, 0.2) is 45.5 Å². The summed E-state index contributed by atoms with van der Waals surface area (Å²) in [6, 6.07) is 7.19. The Morgan fingerprint density at radius 1 is 1.21 bits per heavy atom. The van der Waals surface area contributed by atoms with Crippen LogP contribution in [0.5, 0.6) is 0 Å². The summed E-state index contributed by atoms with van der Waals surface area (Å²) in [7, 11) is 1.59. The van der Waals surface area contributed by atoms with E-state index in [4.69, 9.17) is 10.7 Å². The molecule has 0 amide bonds. The standard InChI is InChI=1S/C25H32N6O3/c1-16(2)11-13-30-21-22(27-24(30)29-12-7-9-18(26)14-29)28(4)25(34)31(23(21)33)15-20(32)19-10-6-5-8-17(19)3/h5-6,8,10-11,18H,7,9,12-15,26H2,1-4H3. The Bertz CT molecular complexity index is 1390. The predicted octanol–water partition coefficient (Wildman–Crippen LogP) is 1.98. The SMILES string of the molecule is CC(C)=CCn1c(N2CCCC(N)C2)nc2c1c(=O)n(CC(=O)c1ccccc1C)c(=O)n2C. The molecule has 0 saturated carbocycles. The van der Waals surface area contributed by atoms with Crippen LogP contribution in [0.3, 0.4) is 0 Å². The number of allylic oxidation sites excluding steroid dienone is 2. The van der Waals surface area contributed by atoms with Gasteiger partial charge in [0.05, 0.1) is 6.54 Å². The summed E-state index contributed by atoms with van der Waals surface area (Å²) in [6.07, 6.45) is 3.89. The number of carbonyl (C=O) groups excluding carboxylic acids is 1. The average Bonchev–Trinajstić information content (AvgIpc) is 3.19. The number of nitrogens with two attached hydrogens (primary N) is 1. The molecule has 0 spiro atoms. The van der Waals surface area contributed by atoms with E-state index in [1.165, 1.54) is 4.57 Å². The van der Waals surface area contributed by atoms with E-state index in [1.54, 1.807) is 19.2 Å². The Morgan fingerprint density at radius 2 is 1.94 bits per heavy atom. The molecule has 3 aromatic rings. The van der Waals surface area contributed by atoms with Crippen LogP contribution in [0.1, 0.15) is 42.6 Å². The lowest BCUT2D eigenvalue weighted by atomic mass is 10.1. The van der Waals surface area contributed by atoms with Crippen molar-refractivity contribution in [3.05, 3.63) is 67.9 Å². The van der Waals surface area contributed by atoms with Crippen LogP contribution in [0.2, 0.25) is 0 Å². The van der Waals surface area contributed by atoms with E-state index in [-0.39, 0.29) is 18.4 Å². The highest BCUT2D eigenvalue weighted by Crippen LogP contribution is 2.23. The van der Waals surface area contributed by atoms with Crippen molar-refractivity contribution in [1.29, 1.82) is 0 Å². The molecule has 1 unspecified atom stereocenters. The highest BCUT2D eigenvalue weighted by atomic mass is 16.2. The maximum atomic E-state index is 13.7. The summed E-state index contributed by atoms with van der Waals surface area (Å²) in [4.78, 5) is 46.6. The fraction of sp³-hybridized carbons (Fsp3) is 0.440. The van der Waals surface area contributed by atoms with Crippen molar-refractivity contribution in [2.45, 2.75) is 52.7 Å². The molecule has 2 N–H and O–H groups in total. The van der Waals surface area contributed by atoms with Crippen LogP contribution in [-0.4, -0.2) is 43.6 Å². The van der Waals surface area contributed by atoms with Gasteiger partial charge in [0.15, 0.2) is 16.9 Å². The number of hydrogen-bond acceptors (Lipinski definition) is 6. The molecule has 34 heavy (non-hydrogen) atoms. The van der Waals surface area contributed by atoms with Crippen LogP contribution in [0, 0.1) is 6.92 Å². The van der Waals surface area contributed by atoms with Crippen molar-refractivity contribution < 1.29 is 4.79 Å². The number of aryl methyl sites for hydroxylation is 2. The molecule has 1 aromatic carbocycles. The van der Waals surface area contributed by atoms with Crippen LogP contribution >= 0.6 is 0 Å². The second-order valence-electron chi connectivity index (χ2n) is 9.30. The first-order chi connectivity index (χ1) is 16.2. The minimum absolute atomic E-state index is 0.0256. The minimum Gasteiger partial charge on any atom is -0.341 e. The predicted molar refractivity (Wildman–Crippen MR) is 134 cm³/mol. The molecule has 4 rings (SSSR count). The van der Waals surface area contributed by atoms with E-state index >= 15 is 0 Å². The number of carbonyl (C=O) groups is 1. The highest BCUT2D eigenvalue weighted by Gasteiger charge is 2.26.